The van der Waals surface area contributed by atoms with Crippen LogP contribution in [0.15, 0.2) is 29.4 Å². The summed E-state index contributed by atoms with van der Waals surface area (Å²) in [6.45, 7) is 3.91. The van der Waals surface area contributed by atoms with E-state index >= 15 is 0 Å². The molecule has 5 nitrogen and oxygen atoms in total. The topological polar surface area (TPSA) is 59.6 Å². The van der Waals surface area contributed by atoms with Gasteiger partial charge in [0.05, 0.1) is 11.4 Å². The Bertz CT molecular complexity index is 650. The van der Waals surface area contributed by atoms with Gasteiger partial charge in [0, 0.05) is 18.2 Å². The van der Waals surface area contributed by atoms with Crippen LogP contribution in [0.4, 0.5) is 0 Å². The van der Waals surface area contributed by atoms with E-state index in [0.29, 0.717) is 23.2 Å². The molecule has 1 aromatic carbocycles. The summed E-state index contributed by atoms with van der Waals surface area (Å²) in [7, 11) is 1.79. The van der Waals surface area contributed by atoms with Gasteiger partial charge in [-0.25, -0.2) is 0 Å². The van der Waals surface area contributed by atoms with E-state index in [1.807, 2.05) is 31.2 Å². The third kappa shape index (κ3) is 2.77. The van der Waals surface area contributed by atoms with Crippen molar-refractivity contribution in [1.82, 2.24) is 9.78 Å². The quantitative estimate of drug-likeness (QED) is 0.535. The van der Waals surface area contributed by atoms with Crippen LogP contribution in [0.1, 0.15) is 23.7 Å². The highest BCUT2D eigenvalue weighted by Crippen LogP contribution is 2.24. The Morgan fingerprint density at radius 1 is 1.45 bits per heavy atom. The first kappa shape index (κ1) is 14.4. The lowest BCUT2D eigenvalue weighted by molar-refractivity contribution is 0.302. The van der Waals surface area contributed by atoms with Crippen molar-refractivity contribution in [2.45, 2.75) is 20.5 Å². The number of rotatable bonds is 4. The molecule has 0 saturated heterocycles. The average molecular weight is 294 g/mol. The van der Waals surface area contributed by atoms with Crippen LogP contribution in [-0.2, 0) is 13.7 Å². The highest BCUT2D eigenvalue weighted by atomic mass is 35.5. The number of halogens is 1. The fourth-order valence-electron chi connectivity index (χ4n) is 1.93. The molecular formula is C14H16ClN3O2. The second kappa shape index (κ2) is 5.96. The minimum atomic E-state index is 0.314. The van der Waals surface area contributed by atoms with Crippen LogP contribution >= 0.6 is 11.6 Å². The number of aromatic nitrogens is 2. The van der Waals surface area contributed by atoms with Gasteiger partial charge in [0.2, 0.25) is 0 Å². The van der Waals surface area contributed by atoms with E-state index in [0.717, 1.165) is 16.8 Å². The molecule has 1 aromatic heterocycles. The zero-order valence-corrected chi connectivity index (χ0v) is 12.3. The van der Waals surface area contributed by atoms with Gasteiger partial charge < -0.3 is 9.94 Å². The molecular weight excluding hydrogens is 278 g/mol. The predicted molar refractivity (Wildman–Crippen MR) is 77.7 cm³/mol. The monoisotopic (exact) mass is 293 g/mol. The van der Waals surface area contributed by atoms with Crippen molar-refractivity contribution in [1.29, 1.82) is 0 Å². The number of aryl methyl sites for hydroxylation is 2. The molecule has 0 atom stereocenters. The van der Waals surface area contributed by atoms with Gasteiger partial charge in [-0.15, -0.1) is 0 Å². The van der Waals surface area contributed by atoms with Crippen LogP contribution < -0.4 is 4.74 Å². The summed E-state index contributed by atoms with van der Waals surface area (Å²) in [6.07, 6.45) is 0. The molecule has 106 valence electrons. The molecule has 20 heavy (non-hydrogen) atoms. The van der Waals surface area contributed by atoms with Crippen LogP contribution in [-0.4, -0.2) is 20.7 Å². The summed E-state index contributed by atoms with van der Waals surface area (Å²) in [6, 6.07) is 7.38. The lowest BCUT2D eigenvalue weighted by Crippen LogP contribution is -2.03. The number of hydrogen-bond donors (Lipinski definition) is 1. The first-order chi connectivity index (χ1) is 9.54. The molecule has 0 spiro atoms. The normalized spacial score (nSPS) is 11.7. The molecule has 1 N–H and O–H groups in total. The maximum Gasteiger partial charge on any atom is 0.133 e. The van der Waals surface area contributed by atoms with Gasteiger partial charge in [0.1, 0.15) is 17.5 Å². The molecule has 1 heterocycles. The zero-order valence-electron chi connectivity index (χ0n) is 11.6. The number of oxime groups is 1. The fourth-order valence-corrected chi connectivity index (χ4v) is 2.16. The average Bonchev–Trinajstić information content (AvgIpc) is 2.70. The van der Waals surface area contributed by atoms with Crippen LogP contribution in [0.25, 0.3) is 0 Å². The Labute approximate surface area is 122 Å². The second-order valence-corrected chi connectivity index (χ2v) is 4.81. The van der Waals surface area contributed by atoms with E-state index in [4.69, 9.17) is 21.5 Å². The summed E-state index contributed by atoms with van der Waals surface area (Å²) < 4.78 is 7.40. The van der Waals surface area contributed by atoms with E-state index in [1.165, 1.54) is 0 Å². The van der Waals surface area contributed by atoms with Crippen molar-refractivity contribution in [3.05, 3.63) is 46.2 Å². The van der Waals surface area contributed by atoms with Gasteiger partial charge in [0.15, 0.2) is 0 Å². The van der Waals surface area contributed by atoms with Crippen LogP contribution in [0.5, 0.6) is 5.75 Å². The molecule has 0 aliphatic heterocycles. The van der Waals surface area contributed by atoms with Gasteiger partial charge in [-0.1, -0.05) is 28.9 Å². The summed E-state index contributed by atoms with van der Waals surface area (Å²) >= 11 is 6.17. The third-order valence-corrected chi connectivity index (χ3v) is 3.54. The maximum atomic E-state index is 8.89. The van der Waals surface area contributed by atoms with E-state index < -0.39 is 0 Å². The first-order valence-electron chi connectivity index (χ1n) is 6.13. The lowest BCUT2D eigenvalue weighted by Gasteiger charge is -2.10. The molecule has 0 saturated carbocycles. The van der Waals surface area contributed by atoms with Crippen molar-refractivity contribution < 1.29 is 9.94 Å². The first-order valence-corrected chi connectivity index (χ1v) is 6.51. The van der Waals surface area contributed by atoms with Crippen molar-refractivity contribution in [3.8, 4) is 5.75 Å². The molecule has 0 fully saturated rings. The van der Waals surface area contributed by atoms with Gasteiger partial charge in [-0.3, -0.25) is 4.68 Å². The Morgan fingerprint density at radius 3 is 2.75 bits per heavy atom. The molecule has 2 rings (SSSR count). The predicted octanol–water partition coefficient (Wildman–Crippen LogP) is 3.16. The largest absolute Gasteiger partial charge is 0.488 e. The van der Waals surface area contributed by atoms with Gasteiger partial charge in [-0.2, -0.15) is 5.10 Å². The fraction of sp³-hybridized carbons (Fsp3) is 0.286. The number of para-hydroxylation sites is 1. The van der Waals surface area contributed by atoms with Crippen LogP contribution in [0.3, 0.4) is 0 Å². The van der Waals surface area contributed by atoms with E-state index in [9.17, 15) is 0 Å². The zero-order chi connectivity index (χ0) is 14.7. The van der Waals surface area contributed by atoms with E-state index in [-0.39, 0.29) is 0 Å². The Hall–Kier alpha value is -2.01. The van der Waals surface area contributed by atoms with Gasteiger partial charge in [0.25, 0.3) is 0 Å². The van der Waals surface area contributed by atoms with Crippen LogP contribution in [0.2, 0.25) is 5.15 Å². The Balaban J connectivity index is 2.24. The summed E-state index contributed by atoms with van der Waals surface area (Å²) in [4.78, 5) is 0. The van der Waals surface area contributed by atoms with Crippen LogP contribution in [0, 0.1) is 6.92 Å². The van der Waals surface area contributed by atoms with Gasteiger partial charge >= 0.3 is 0 Å². The SMILES string of the molecule is C/C(=N/O)c1ccccc1OCc1c(C)nn(C)c1Cl. The van der Waals surface area contributed by atoms with Crippen molar-refractivity contribution in [2.75, 3.05) is 0 Å². The molecule has 0 aliphatic rings. The van der Waals surface area contributed by atoms with Crippen molar-refractivity contribution >= 4 is 17.3 Å². The number of benzene rings is 1. The van der Waals surface area contributed by atoms with Gasteiger partial charge in [-0.05, 0) is 26.0 Å². The standard InChI is InChI=1S/C14H16ClN3O2/c1-9-12(14(15)18(3)16-9)8-20-13-7-5-4-6-11(13)10(2)17-19/h4-7,19H,8H2,1-3H3/b17-10-. The minimum Gasteiger partial charge on any atom is -0.488 e. The van der Waals surface area contributed by atoms with Crippen molar-refractivity contribution in [2.24, 2.45) is 12.2 Å². The molecule has 0 aliphatic carbocycles. The Kier molecular flexibility index (Phi) is 4.29. The van der Waals surface area contributed by atoms with E-state index in [2.05, 4.69) is 10.3 Å². The highest BCUT2D eigenvalue weighted by molar-refractivity contribution is 6.30. The minimum absolute atomic E-state index is 0.314. The summed E-state index contributed by atoms with van der Waals surface area (Å²) in [5, 5.41) is 16.9. The highest BCUT2D eigenvalue weighted by Gasteiger charge is 2.13. The molecule has 0 amide bonds. The summed E-state index contributed by atoms with van der Waals surface area (Å²) in [5.74, 6) is 0.641. The third-order valence-electron chi connectivity index (χ3n) is 3.07. The molecule has 0 radical (unpaired) electrons. The lowest BCUT2D eigenvalue weighted by atomic mass is 10.1. The second-order valence-electron chi connectivity index (χ2n) is 4.45. The summed E-state index contributed by atoms with van der Waals surface area (Å²) in [5.41, 5.74) is 2.92. The smallest absolute Gasteiger partial charge is 0.133 e. The van der Waals surface area contributed by atoms with E-state index in [1.54, 1.807) is 18.7 Å². The molecule has 0 unspecified atom stereocenters. The maximum absolute atomic E-state index is 8.89. The van der Waals surface area contributed by atoms with Crippen molar-refractivity contribution in [3.63, 3.8) is 0 Å². The molecule has 6 heteroatoms. The molecule has 2 aromatic rings. The Morgan fingerprint density at radius 2 is 2.15 bits per heavy atom. The number of ether oxygens (including phenoxy) is 1. The number of hydrogen-bond acceptors (Lipinski definition) is 4. The molecule has 0 bridgehead atoms. The number of nitrogens with zero attached hydrogens (tertiary/aromatic N) is 3.